The maximum absolute atomic E-state index is 14.5. The van der Waals surface area contributed by atoms with Gasteiger partial charge in [0, 0.05) is 16.7 Å². The first-order chi connectivity index (χ1) is 18.9. The van der Waals surface area contributed by atoms with Crippen LogP contribution in [-0.2, 0) is 0 Å². The zero-order valence-corrected chi connectivity index (χ0v) is 22.3. The zero-order chi connectivity index (χ0) is 28.0. The lowest BCUT2D eigenvalue weighted by molar-refractivity contribution is 0.263. The smallest absolute Gasteiger partial charge is 0.205 e. The highest BCUT2D eigenvalue weighted by molar-refractivity contribution is 5.50. The molecule has 39 heavy (non-hydrogen) atoms. The van der Waals surface area contributed by atoms with Crippen molar-refractivity contribution in [1.82, 2.24) is 0 Å². The van der Waals surface area contributed by atoms with Gasteiger partial charge in [-0.15, -0.1) is 0 Å². The minimum absolute atomic E-state index is 0.0359. The number of hydrogen-bond donors (Lipinski definition) is 0. The molecule has 0 fully saturated rings. The fourth-order valence-electron chi connectivity index (χ4n) is 3.64. The molecule has 0 aliphatic heterocycles. The Balaban J connectivity index is 1.65. The predicted octanol–water partition coefficient (Wildman–Crippen LogP) is 8.57. The van der Waals surface area contributed by atoms with Gasteiger partial charge in [-0.1, -0.05) is 69.6 Å². The molecule has 0 heterocycles. The van der Waals surface area contributed by atoms with Crippen molar-refractivity contribution in [2.45, 2.75) is 58.8 Å². The molecule has 6 heteroatoms. The summed E-state index contributed by atoms with van der Waals surface area (Å²) in [6.45, 7) is 4.82. The third-order valence-corrected chi connectivity index (χ3v) is 5.91. The van der Waals surface area contributed by atoms with Crippen LogP contribution in [0.1, 0.15) is 81.0 Å². The summed E-state index contributed by atoms with van der Waals surface area (Å²) in [5.74, 6) is 4.28. The SMILES string of the molecule is CCCCCCOc1c(F)c(F)c(C#Cc2ccc(C#Cc3ccc(OCCCCC)cc3)cc2)c(F)c1F. The zero-order valence-electron chi connectivity index (χ0n) is 22.3. The number of halogens is 4. The Hall–Kier alpha value is -3.90. The first-order valence-corrected chi connectivity index (χ1v) is 13.3. The van der Waals surface area contributed by atoms with E-state index in [1.165, 1.54) is 0 Å². The second kappa shape index (κ2) is 15.5. The number of ether oxygens (including phenoxy) is 2. The molecule has 0 atom stereocenters. The van der Waals surface area contributed by atoms with Gasteiger partial charge in [0.25, 0.3) is 0 Å². The summed E-state index contributed by atoms with van der Waals surface area (Å²) in [7, 11) is 0. The summed E-state index contributed by atoms with van der Waals surface area (Å²) in [6.07, 6.45) is 6.53. The summed E-state index contributed by atoms with van der Waals surface area (Å²) in [5.41, 5.74) is 0.949. The van der Waals surface area contributed by atoms with E-state index in [4.69, 9.17) is 9.47 Å². The Bertz CT molecular complexity index is 1310. The van der Waals surface area contributed by atoms with Crippen LogP contribution in [0.25, 0.3) is 0 Å². The van der Waals surface area contributed by atoms with Crippen molar-refractivity contribution in [2.75, 3.05) is 13.2 Å². The number of hydrogen-bond acceptors (Lipinski definition) is 2. The van der Waals surface area contributed by atoms with Crippen molar-refractivity contribution < 1.29 is 27.0 Å². The molecule has 0 bridgehead atoms. The minimum atomic E-state index is -1.59. The van der Waals surface area contributed by atoms with E-state index < -0.39 is 34.6 Å². The highest BCUT2D eigenvalue weighted by Gasteiger charge is 2.25. The van der Waals surface area contributed by atoms with Gasteiger partial charge in [-0.2, -0.15) is 8.78 Å². The lowest BCUT2D eigenvalue weighted by Crippen LogP contribution is -2.08. The molecular weight excluding hydrogens is 504 g/mol. The van der Waals surface area contributed by atoms with Crippen LogP contribution in [0.2, 0.25) is 0 Å². The monoisotopic (exact) mass is 536 g/mol. The maximum Gasteiger partial charge on any atom is 0.205 e. The summed E-state index contributed by atoms with van der Waals surface area (Å²) in [6, 6.07) is 14.1. The van der Waals surface area contributed by atoms with Gasteiger partial charge in [0.05, 0.1) is 13.2 Å². The molecule has 0 unspecified atom stereocenters. The second-order valence-corrected chi connectivity index (χ2v) is 9.03. The van der Waals surface area contributed by atoms with Crippen LogP contribution in [-0.4, -0.2) is 13.2 Å². The van der Waals surface area contributed by atoms with Crippen LogP contribution in [0.4, 0.5) is 17.6 Å². The molecule has 0 aromatic heterocycles. The minimum Gasteiger partial charge on any atom is -0.494 e. The lowest BCUT2D eigenvalue weighted by Gasteiger charge is -2.10. The molecule has 0 aliphatic carbocycles. The maximum atomic E-state index is 14.5. The van der Waals surface area contributed by atoms with Crippen molar-refractivity contribution in [1.29, 1.82) is 0 Å². The molecule has 0 saturated heterocycles. The normalized spacial score (nSPS) is 10.3. The van der Waals surface area contributed by atoms with Crippen molar-refractivity contribution in [3.8, 4) is 35.2 Å². The van der Waals surface area contributed by atoms with E-state index in [9.17, 15) is 17.6 Å². The molecule has 3 aromatic rings. The molecule has 0 aliphatic rings. The first-order valence-electron chi connectivity index (χ1n) is 13.3. The second-order valence-electron chi connectivity index (χ2n) is 9.03. The average molecular weight is 537 g/mol. The third-order valence-electron chi connectivity index (χ3n) is 5.91. The Labute approximate surface area is 228 Å². The molecule has 3 rings (SSSR count). The highest BCUT2D eigenvalue weighted by atomic mass is 19.2. The molecule has 204 valence electrons. The standard InChI is InChI=1S/C33H32F4O2/c1-3-5-7-9-23-39-33-31(36)29(34)28(30(35)32(33)37)21-18-25-13-10-24(11-14-25)12-15-26-16-19-27(20-17-26)38-22-8-6-4-2/h10-11,13-14,16-17,19-20H,3-9,22-23H2,1-2H3. The van der Waals surface area contributed by atoms with E-state index in [-0.39, 0.29) is 6.61 Å². The quantitative estimate of drug-likeness (QED) is 0.106. The van der Waals surface area contributed by atoms with Gasteiger partial charge in [0.15, 0.2) is 17.4 Å². The van der Waals surface area contributed by atoms with Gasteiger partial charge >= 0.3 is 0 Å². The molecule has 2 nitrogen and oxygen atoms in total. The van der Waals surface area contributed by atoms with Crippen LogP contribution < -0.4 is 9.47 Å². The van der Waals surface area contributed by atoms with Crippen molar-refractivity contribution in [2.24, 2.45) is 0 Å². The van der Waals surface area contributed by atoms with Crippen LogP contribution in [0, 0.1) is 47.0 Å². The van der Waals surface area contributed by atoms with E-state index in [0.717, 1.165) is 49.8 Å². The highest BCUT2D eigenvalue weighted by Crippen LogP contribution is 2.30. The summed E-state index contributed by atoms with van der Waals surface area (Å²) < 4.78 is 68.5. The average Bonchev–Trinajstić information content (AvgIpc) is 2.96. The van der Waals surface area contributed by atoms with Gasteiger partial charge in [0.2, 0.25) is 11.6 Å². The van der Waals surface area contributed by atoms with E-state index in [0.29, 0.717) is 24.2 Å². The number of benzene rings is 3. The molecule has 0 saturated carbocycles. The van der Waals surface area contributed by atoms with Gasteiger partial charge < -0.3 is 9.47 Å². The predicted molar refractivity (Wildman–Crippen MR) is 146 cm³/mol. The van der Waals surface area contributed by atoms with Crippen LogP contribution in [0.3, 0.4) is 0 Å². The van der Waals surface area contributed by atoms with Gasteiger partial charge in [-0.05, 0) is 61.4 Å². The van der Waals surface area contributed by atoms with Gasteiger partial charge in [-0.3, -0.25) is 0 Å². The van der Waals surface area contributed by atoms with Crippen molar-refractivity contribution in [3.05, 3.63) is 94.1 Å². The third kappa shape index (κ3) is 8.82. The van der Waals surface area contributed by atoms with E-state index in [1.54, 1.807) is 24.3 Å². The fourth-order valence-corrected chi connectivity index (χ4v) is 3.64. The largest absolute Gasteiger partial charge is 0.494 e. The molecule has 0 N–H and O–H groups in total. The van der Waals surface area contributed by atoms with Gasteiger partial charge in [0.1, 0.15) is 11.3 Å². The Morgan fingerprint density at radius 3 is 1.49 bits per heavy atom. The first kappa shape index (κ1) is 29.7. The summed E-state index contributed by atoms with van der Waals surface area (Å²) in [4.78, 5) is 0. The fraction of sp³-hybridized carbons (Fsp3) is 0.333. The van der Waals surface area contributed by atoms with Crippen LogP contribution in [0.5, 0.6) is 11.5 Å². The Kier molecular flexibility index (Phi) is 11.8. The van der Waals surface area contributed by atoms with E-state index in [1.807, 2.05) is 31.2 Å². The molecule has 3 aromatic carbocycles. The topological polar surface area (TPSA) is 18.5 Å². The lowest BCUT2D eigenvalue weighted by atomic mass is 10.1. The molecule has 0 radical (unpaired) electrons. The van der Waals surface area contributed by atoms with Crippen LogP contribution >= 0.6 is 0 Å². The molecule has 0 amide bonds. The van der Waals surface area contributed by atoms with Crippen LogP contribution in [0.15, 0.2) is 48.5 Å². The van der Waals surface area contributed by atoms with E-state index >= 15 is 0 Å². The number of unbranched alkanes of at least 4 members (excludes halogenated alkanes) is 5. The Morgan fingerprint density at radius 2 is 0.949 bits per heavy atom. The summed E-state index contributed by atoms with van der Waals surface area (Å²) >= 11 is 0. The summed E-state index contributed by atoms with van der Waals surface area (Å²) in [5, 5.41) is 0. The van der Waals surface area contributed by atoms with Crippen molar-refractivity contribution >= 4 is 0 Å². The molecular formula is C33H32F4O2. The van der Waals surface area contributed by atoms with Crippen molar-refractivity contribution in [3.63, 3.8) is 0 Å². The van der Waals surface area contributed by atoms with Gasteiger partial charge in [-0.25, -0.2) is 8.78 Å². The molecule has 0 spiro atoms. The Morgan fingerprint density at radius 1 is 0.513 bits per heavy atom. The van der Waals surface area contributed by atoms with E-state index in [2.05, 4.69) is 30.6 Å². The number of rotatable bonds is 11.